The maximum atomic E-state index is 5.78. The van der Waals surface area contributed by atoms with Crippen LogP contribution >= 0.6 is 0 Å². The molecule has 0 spiro atoms. The summed E-state index contributed by atoms with van der Waals surface area (Å²) in [6.07, 6.45) is 28.2. The molecule has 0 aliphatic heterocycles. The van der Waals surface area contributed by atoms with Gasteiger partial charge in [-0.2, -0.15) is 0 Å². The minimum atomic E-state index is 0. The molecule has 2 heteroatoms. The fourth-order valence-electron chi connectivity index (χ4n) is 3.49. The molecule has 0 aliphatic carbocycles. The average Bonchev–Trinajstić information content (AvgIpc) is 2.63. The quantitative estimate of drug-likeness (QED) is 0.0960. The Bertz CT molecular complexity index is 198. The van der Waals surface area contributed by atoms with Crippen LogP contribution in [-0.4, -0.2) is 40.5 Å². The zero-order valence-electron chi connectivity index (χ0n) is 18.7. The van der Waals surface area contributed by atoms with Crippen LogP contribution in [0.5, 0.6) is 0 Å². The van der Waals surface area contributed by atoms with Gasteiger partial charge in [0.25, 0.3) is 0 Å². The molecule has 0 rings (SSSR count). The first-order valence-corrected chi connectivity index (χ1v) is 12.0. The van der Waals surface area contributed by atoms with Gasteiger partial charge in [0.2, 0.25) is 0 Å². The van der Waals surface area contributed by atoms with E-state index in [1.54, 1.807) is 0 Å². The van der Waals surface area contributed by atoms with Crippen LogP contribution in [0.4, 0.5) is 0 Å². The van der Waals surface area contributed by atoms with Gasteiger partial charge in [0.1, 0.15) is 0 Å². The van der Waals surface area contributed by atoms with E-state index in [4.69, 9.17) is 4.74 Å². The van der Waals surface area contributed by atoms with E-state index in [0.717, 1.165) is 13.2 Å². The second kappa shape index (κ2) is 28.1. The molecular formula is C24H52OPb. The van der Waals surface area contributed by atoms with Crippen LogP contribution < -0.4 is 0 Å². The Morgan fingerprint density at radius 1 is 0.346 bits per heavy atom. The number of hydrogen-bond acceptors (Lipinski definition) is 1. The number of rotatable bonds is 22. The summed E-state index contributed by atoms with van der Waals surface area (Å²) in [5.41, 5.74) is 0. The van der Waals surface area contributed by atoms with E-state index in [9.17, 15) is 0 Å². The van der Waals surface area contributed by atoms with Gasteiger partial charge in [-0.25, -0.2) is 0 Å². The molecule has 0 aromatic carbocycles. The van der Waals surface area contributed by atoms with E-state index in [0.29, 0.717) is 0 Å². The Labute approximate surface area is 187 Å². The molecule has 0 aliphatic rings. The molecule has 0 aromatic heterocycles. The molecule has 0 fully saturated rings. The Morgan fingerprint density at radius 2 is 0.577 bits per heavy atom. The van der Waals surface area contributed by atoms with Crippen LogP contribution in [-0.2, 0) is 4.74 Å². The summed E-state index contributed by atoms with van der Waals surface area (Å²) < 4.78 is 5.78. The molecule has 0 saturated carbocycles. The third kappa shape index (κ3) is 27.1. The van der Waals surface area contributed by atoms with Gasteiger partial charge in [-0.3, -0.25) is 0 Å². The summed E-state index contributed by atoms with van der Waals surface area (Å²) >= 11 is 0. The molecule has 26 heavy (non-hydrogen) atoms. The maximum absolute atomic E-state index is 5.78. The Balaban J connectivity index is 0. The third-order valence-corrected chi connectivity index (χ3v) is 5.28. The van der Waals surface area contributed by atoms with E-state index in [2.05, 4.69) is 13.8 Å². The van der Waals surface area contributed by atoms with Gasteiger partial charge in [-0.05, 0) is 12.8 Å². The van der Waals surface area contributed by atoms with Gasteiger partial charge in [0.05, 0.1) is 0 Å². The normalized spacial score (nSPS) is 10.8. The second-order valence-electron chi connectivity index (χ2n) is 7.98. The Morgan fingerprint density at radius 3 is 0.846 bits per heavy atom. The van der Waals surface area contributed by atoms with Crippen molar-refractivity contribution in [2.45, 2.75) is 142 Å². The Kier molecular flexibility index (Phi) is 31.4. The fraction of sp³-hybridized carbons (Fsp3) is 1.00. The van der Waals surface area contributed by atoms with Gasteiger partial charge in [-0.1, -0.05) is 129 Å². The summed E-state index contributed by atoms with van der Waals surface area (Å²) in [4.78, 5) is 0. The first kappa shape index (κ1) is 29.1. The summed E-state index contributed by atoms with van der Waals surface area (Å²) in [5, 5.41) is 0. The first-order valence-electron chi connectivity index (χ1n) is 12.0. The van der Waals surface area contributed by atoms with Crippen LogP contribution in [0.15, 0.2) is 0 Å². The molecule has 2 radical (unpaired) electrons. The zero-order chi connectivity index (χ0) is 18.3. The van der Waals surface area contributed by atoms with Crippen molar-refractivity contribution in [3.05, 3.63) is 0 Å². The van der Waals surface area contributed by atoms with Crippen LogP contribution in [0.25, 0.3) is 0 Å². The van der Waals surface area contributed by atoms with E-state index in [-0.39, 0.29) is 27.3 Å². The number of ether oxygens (including phenoxy) is 1. The molecule has 0 bridgehead atoms. The Hall–Kier alpha value is 0.882. The monoisotopic (exact) mass is 564 g/mol. The molecule has 1 nitrogen and oxygen atoms in total. The van der Waals surface area contributed by atoms with Gasteiger partial charge in [0, 0.05) is 13.2 Å². The van der Waals surface area contributed by atoms with Crippen molar-refractivity contribution in [3.8, 4) is 0 Å². The van der Waals surface area contributed by atoms with Gasteiger partial charge in [0.15, 0.2) is 0 Å². The van der Waals surface area contributed by atoms with E-state index in [1.807, 2.05) is 0 Å². The van der Waals surface area contributed by atoms with Crippen molar-refractivity contribution >= 4 is 27.3 Å². The van der Waals surface area contributed by atoms with Gasteiger partial charge >= 0.3 is 27.3 Å². The predicted octanol–water partition coefficient (Wildman–Crippen LogP) is 7.93. The zero-order valence-corrected chi connectivity index (χ0v) is 24.2. The summed E-state index contributed by atoms with van der Waals surface area (Å²) in [5.74, 6) is 0. The van der Waals surface area contributed by atoms with Crippen molar-refractivity contribution in [2.24, 2.45) is 0 Å². The van der Waals surface area contributed by atoms with Crippen LogP contribution in [0.2, 0.25) is 0 Å². The van der Waals surface area contributed by atoms with Crippen molar-refractivity contribution in [1.82, 2.24) is 0 Å². The van der Waals surface area contributed by atoms with Crippen molar-refractivity contribution in [3.63, 3.8) is 0 Å². The average molecular weight is 564 g/mol. The SMILES string of the molecule is CCCCCCCCCCCCOCCCCCCCCCCCC.[PbH2]. The third-order valence-electron chi connectivity index (χ3n) is 5.28. The van der Waals surface area contributed by atoms with Crippen molar-refractivity contribution in [1.29, 1.82) is 0 Å². The molecule has 0 aromatic rings. The minimum absolute atomic E-state index is 0. The summed E-state index contributed by atoms with van der Waals surface area (Å²) in [6, 6.07) is 0. The van der Waals surface area contributed by atoms with E-state index in [1.165, 1.54) is 128 Å². The van der Waals surface area contributed by atoms with Crippen LogP contribution in [0, 0.1) is 0 Å². The van der Waals surface area contributed by atoms with E-state index >= 15 is 0 Å². The predicted molar refractivity (Wildman–Crippen MR) is 123 cm³/mol. The molecular weight excluding hydrogens is 511 g/mol. The summed E-state index contributed by atoms with van der Waals surface area (Å²) in [6.45, 7) is 6.57. The topological polar surface area (TPSA) is 9.23 Å². The molecule has 0 atom stereocenters. The molecule has 0 saturated heterocycles. The van der Waals surface area contributed by atoms with Crippen molar-refractivity contribution < 1.29 is 4.74 Å². The number of unbranched alkanes of at least 4 members (excludes halogenated alkanes) is 18. The van der Waals surface area contributed by atoms with Crippen LogP contribution in [0.1, 0.15) is 142 Å². The number of hydrogen-bond donors (Lipinski definition) is 0. The molecule has 0 heterocycles. The van der Waals surface area contributed by atoms with Crippen LogP contribution in [0.3, 0.4) is 0 Å². The molecule has 0 amide bonds. The van der Waals surface area contributed by atoms with Gasteiger partial charge in [-0.15, -0.1) is 0 Å². The molecule has 0 N–H and O–H groups in total. The summed E-state index contributed by atoms with van der Waals surface area (Å²) in [7, 11) is 0. The first-order chi connectivity index (χ1) is 12.4. The molecule has 158 valence electrons. The van der Waals surface area contributed by atoms with Crippen molar-refractivity contribution in [2.75, 3.05) is 13.2 Å². The van der Waals surface area contributed by atoms with Gasteiger partial charge < -0.3 is 4.74 Å². The fourth-order valence-corrected chi connectivity index (χ4v) is 3.49. The van der Waals surface area contributed by atoms with E-state index < -0.39 is 0 Å². The standard InChI is InChI=1S/C24H50O.Pb.2H/c1-3-5-7-9-11-13-15-17-19-21-23-25-24-22-20-18-16-14-12-10-8-6-4-2;;;/h3-24H2,1-2H3;;;. The molecule has 0 unspecified atom stereocenters. The second-order valence-corrected chi connectivity index (χ2v) is 7.98.